The number of nitrogens with one attached hydrogen (secondary N) is 2. The van der Waals surface area contributed by atoms with Gasteiger partial charge in [0.25, 0.3) is 0 Å². The van der Waals surface area contributed by atoms with Crippen LogP contribution in [0.5, 0.6) is 0 Å². The van der Waals surface area contributed by atoms with Crippen LogP contribution in [-0.2, 0) is 24.2 Å². The van der Waals surface area contributed by atoms with Crippen molar-refractivity contribution >= 4 is 17.2 Å². The molecule has 1 aliphatic carbocycles. The fourth-order valence-electron chi connectivity index (χ4n) is 3.48. The molecule has 1 aromatic rings. The molecule has 0 atom stereocenters. The van der Waals surface area contributed by atoms with E-state index in [4.69, 9.17) is 0 Å². The van der Waals surface area contributed by atoms with Crippen LogP contribution in [0.2, 0.25) is 0 Å². The monoisotopic (exact) mass is 292 g/mol. The third-order valence-electron chi connectivity index (χ3n) is 4.94. The van der Waals surface area contributed by atoms with Gasteiger partial charge in [0.1, 0.15) is 0 Å². The van der Waals surface area contributed by atoms with Gasteiger partial charge in [-0.25, -0.2) is 0 Å². The van der Waals surface area contributed by atoms with Crippen molar-refractivity contribution in [1.82, 2.24) is 10.6 Å². The Morgan fingerprint density at radius 1 is 1.40 bits per heavy atom. The molecule has 0 unspecified atom stereocenters. The molecule has 0 bridgehead atoms. The van der Waals surface area contributed by atoms with Gasteiger partial charge in [0, 0.05) is 9.75 Å². The molecule has 4 heteroatoms. The fourth-order valence-corrected chi connectivity index (χ4v) is 4.68. The van der Waals surface area contributed by atoms with E-state index in [0.717, 1.165) is 32.4 Å². The summed E-state index contributed by atoms with van der Waals surface area (Å²) in [5.41, 5.74) is 1.39. The first-order chi connectivity index (χ1) is 9.73. The zero-order valence-electron chi connectivity index (χ0n) is 12.3. The van der Waals surface area contributed by atoms with Crippen LogP contribution in [0, 0.1) is 5.41 Å². The van der Waals surface area contributed by atoms with Crippen LogP contribution in [0.4, 0.5) is 0 Å². The number of amides is 1. The molecule has 2 heterocycles. The van der Waals surface area contributed by atoms with Gasteiger partial charge in [-0.3, -0.25) is 4.79 Å². The summed E-state index contributed by atoms with van der Waals surface area (Å²) in [7, 11) is 0. The van der Waals surface area contributed by atoms with E-state index >= 15 is 0 Å². The number of thiophene rings is 1. The molecule has 1 fully saturated rings. The molecule has 0 spiro atoms. The SMILES string of the molecule is CCC1(C(=O)NCc2cc3c(s2)CCC3)CCNCC1. The molecule has 3 rings (SSSR count). The van der Waals surface area contributed by atoms with Crippen molar-refractivity contribution in [3.05, 3.63) is 21.4 Å². The minimum Gasteiger partial charge on any atom is -0.351 e. The molecule has 1 aromatic heterocycles. The van der Waals surface area contributed by atoms with Gasteiger partial charge in [-0.05, 0) is 63.2 Å². The Hall–Kier alpha value is -0.870. The normalized spacial score (nSPS) is 20.6. The van der Waals surface area contributed by atoms with Crippen molar-refractivity contribution in [2.24, 2.45) is 5.41 Å². The van der Waals surface area contributed by atoms with E-state index in [0.29, 0.717) is 6.54 Å². The van der Waals surface area contributed by atoms with Crippen LogP contribution >= 0.6 is 11.3 Å². The molecule has 110 valence electrons. The molecule has 1 saturated heterocycles. The lowest BCUT2D eigenvalue weighted by molar-refractivity contribution is -0.133. The topological polar surface area (TPSA) is 41.1 Å². The van der Waals surface area contributed by atoms with Gasteiger partial charge in [0.2, 0.25) is 5.91 Å². The second-order valence-corrected chi connectivity index (χ2v) is 7.30. The van der Waals surface area contributed by atoms with Gasteiger partial charge in [0.05, 0.1) is 12.0 Å². The largest absolute Gasteiger partial charge is 0.351 e. The summed E-state index contributed by atoms with van der Waals surface area (Å²) >= 11 is 1.89. The summed E-state index contributed by atoms with van der Waals surface area (Å²) in [5.74, 6) is 0.259. The summed E-state index contributed by atoms with van der Waals surface area (Å²) in [6.07, 6.45) is 6.65. The van der Waals surface area contributed by atoms with Crippen LogP contribution in [0.1, 0.15) is 47.9 Å². The second-order valence-electron chi connectivity index (χ2n) is 6.08. The molecule has 0 aromatic carbocycles. The summed E-state index contributed by atoms with van der Waals surface area (Å²) in [6, 6.07) is 2.30. The lowest BCUT2D eigenvalue weighted by Crippen LogP contribution is -2.47. The number of carbonyl (C=O) groups is 1. The smallest absolute Gasteiger partial charge is 0.226 e. The van der Waals surface area contributed by atoms with Gasteiger partial charge >= 0.3 is 0 Å². The highest BCUT2D eigenvalue weighted by Crippen LogP contribution is 2.34. The van der Waals surface area contributed by atoms with E-state index in [1.165, 1.54) is 29.7 Å². The Labute approximate surface area is 125 Å². The highest BCUT2D eigenvalue weighted by atomic mass is 32.1. The van der Waals surface area contributed by atoms with Crippen molar-refractivity contribution < 1.29 is 4.79 Å². The highest BCUT2D eigenvalue weighted by molar-refractivity contribution is 7.12. The molecular weight excluding hydrogens is 268 g/mol. The summed E-state index contributed by atoms with van der Waals surface area (Å²) < 4.78 is 0. The van der Waals surface area contributed by atoms with E-state index in [9.17, 15) is 4.79 Å². The molecular formula is C16H24N2OS. The van der Waals surface area contributed by atoms with Crippen molar-refractivity contribution in [2.45, 2.75) is 52.0 Å². The minimum atomic E-state index is -0.134. The molecule has 1 aliphatic heterocycles. The van der Waals surface area contributed by atoms with E-state index in [2.05, 4.69) is 23.6 Å². The predicted molar refractivity (Wildman–Crippen MR) is 83.0 cm³/mol. The molecule has 20 heavy (non-hydrogen) atoms. The highest BCUT2D eigenvalue weighted by Gasteiger charge is 2.37. The molecule has 3 nitrogen and oxygen atoms in total. The Balaban J connectivity index is 1.60. The average molecular weight is 292 g/mol. The Morgan fingerprint density at radius 3 is 2.90 bits per heavy atom. The number of rotatable bonds is 4. The summed E-state index contributed by atoms with van der Waals surface area (Å²) in [4.78, 5) is 15.4. The van der Waals surface area contributed by atoms with E-state index in [-0.39, 0.29) is 11.3 Å². The van der Waals surface area contributed by atoms with Crippen LogP contribution in [0.3, 0.4) is 0 Å². The summed E-state index contributed by atoms with van der Waals surface area (Å²) in [5, 5.41) is 6.54. The van der Waals surface area contributed by atoms with E-state index in [1.807, 2.05) is 11.3 Å². The number of aryl methyl sites for hydroxylation is 2. The number of piperidine rings is 1. The number of fused-ring (bicyclic) bond motifs is 1. The lowest BCUT2D eigenvalue weighted by Gasteiger charge is -2.35. The van der Waals surface area contributed by atoms with E-state index < -0.39 is 0 Å². The summed E-state index contributed by atoms with van der Waals surface area (Å²) in [6.45, 7) is 4.79. The van der Waals surface area contributed by atoms with Crippen LogP contribution in [0.15, 0.2) is 6.07 Å². The molecule has 0 radical (unpaired) electrons. The predicted octanol–water partition coefficient (Wildman–Crippen LogP) is 2.63. The zero-order chi connectivity index (χ0) is 14.0. The van der Waals surface area contributed by atoms with E-state index in [1.54, 1.807) is 4.88 Å². The first-order valence-corrected chi connectivity index (χ1v) is 8.65. The third-order valence-corrected chi connectivity index (χ3v) is 6.18. The molecule has 1 amide bonds. The third kappa shape index (κ3) is 2.63. The Bertz CT molecular complexity index is 467. The molecule has 2 N–H and O–H groups in total. The van der Waals surface area contributed by atoms with Crippen molar-refractivity contribution in [1.29, 1.82) is 0 Å². The van der Waals surface area contributed by atoms with Crippen LogP contribution < -0.4 is 10.6 Å². The van der Waals surface area contributed by atoms with Crippen molar-refractivity contribution in [3.63, 3.8) is 0 Å². The lowest BCUT2D eigenvalue weighted by atomic mass is 9.76. The number of hydrogen-bond donors (Lipinski definition) is 2. The number of carbonyl (C=O) groups excluding carboxylic acids is 1. The van der Waals surface area contributed by atoms with Gasteiger partial charge in [-0.1, -0.05) is 6.92 Å². The quantitative estimate of drug-likeness (QED) is 0.896. The van der Waals surface area contributed by atoms with Gasteiger partial charge in [-0.15, -0.1) is 11.3 Å². The maximum Gasteiger partial charge on any atom is 0.226 e. The maximum atomic E-state index is 12.6. The maximum absolute atomic E-state index is 12.6. The second kappa shape index (κ2) is 5.86. The van der Waals surface area contributed by atoms with Crippen molar-refractivity contribution in [2.75, 3.05) is 13.1 Å². The minimum absolute atomic E-state index is 0.134. The zero-order valence-corrected chi connectivity index (χ0v) is 13.1. The van der Waals surface area contributed by atoms with Gasteiger partial charge < -0.3 is 10.6 Å². The van der Waals surface area contributed by atoms with Crippen molar-refractivity contribution in [3.8, 4) is 0 Å². The van der Waals surface area contributed by atoms with Gasteiger partial charge in [-0.2, -0.15) is 0 Å². The van der Waals surface area contributed by atoms with Gasteiger partial charge in [0.15, 0.2) is 0 Å². The fraction of sp³-hybridized carbons (Fsp3) is 0.688. The molecule has 2 aliphatic rings. The number of hydrogen-bond acceptors (Lipinski definition) is 3. The van der Waals surface area contributed by atoms with Crippen LogP contribution in [-0.4, -0.2) is 19.0 Å². The first-order valence-electron chi connectivity index (χ1n) is 7.83. The van der Waals surface area contributed by atoms with Crippen LogP contribution in [0.25, 0.3) is 0 Å². The Kier molecular flexibility index (Phi) is 4.13. The molecule has 0 saturated carbocycles. The average Bonchev–Trinajstić information content (AvgIpc) is 3.06. The Morgan fingerprint density at radius 2 is 2.20 bits per heavy atom. The first kappa shape index (κ1) is 14.1. The standard InChI is InChI=1S/C16H24N2OS/c1-2-16(6-8-17-9-7-16)15(19)18-11-13-10-12-4-3-5-14(12)20-13/h10,17H,2-9,11H2,1H3,(H,18,19).